The van der Waals surface area contributed by atoms with Gasteiger partial charge in [0.05, 0.1) is 0 Å². The Bertz CT molecular complexity index is 205. The number of nitrogens with zero attached hydrogens (tertiary/aromatic N) is 2. The van der Waals surface area contributed by atoms with E-state index in [1.54, 1.807) is 0 Å². The summed E-state index contributed by atoms with van der Waals surface area (Å²) in [4.78, 5) is 5.47. The lowest BCUT2D eigenvalue weighted by Crippen LogP contribution is -2.56. The molecule has 2 saturated heterocycles. The third-order valence-electron chi connectivity index (χ3n) is 4.47. The molecule has 0 radical (unpaired) electrons. The van der Waals surface area contributed by atoms with Crippen LogP contribution in [0.3, 0.4) is 0 Å². The van der Waals surface area contributed by atoms with Gasteiger partial charge in [0, 0.05) is 31.7 Å². The molecule has 0 saturated carbocycles. The zero-order valence-corrected chi connectivity index (χ0v) is 11.1. The summed E-state index contributed by atoms with van der Waals surface area (Å²) in [5.74, 6) is 0. The maximum absolute atomic E-state index is 2.74. The molecule has 0 bridgehead atoms. The van der Waals surface area contributed by atoms with Crippen molar-refractivity contribution in [2.45, 2.75) is 64.5 Å². The highest BCUT2D eigenvalue weighted by Gasteiger charge is 2.30. The van der Waals surface area contributed by atoms with Crippen molar-refractivity contribution in [3.8, 4) is 0 Å². The van der Waals surface area contributed by atoms with E-state index in [9.17, 15) is 0 Å². The van der Waals surface area contributed by atoms with Gasteiger partial charge in [0.1, 0.15) is 0 Å². The highest BCUT2D eigenvalue weighted by Crippen LogP contribution is 2.23. The van der Waals surface area contributed by atoms with Gasteiger partial charge < -0.3 is 0 Å². The van der Waals surface area contributed by atoms with Crippen LogP contribution in [0.15, 0.2) is 0 Å². The van der Waals surface area contributed by atoms with Gasteiger partial charge in [-0.2, -0.15) is 0 Å². The zero-order chi connectivity index (χ0) is 11.4. The lowest BCUT2D eigenvalue weighted by atomic mass is 9.98. The number of rotatable bonds is 4. The molecule has 2 atom stereocenters. The van der Waals surface area contributed by atoms with E-state index in [1.807, 2.05) is 0 Å². The molecule has 0 aliphatic carbocycles. The van der Waals surface area contributed by atoms with Crippen molar-refractivity contribution < 1.29 is 0 Å². The van der Waals surface area contributed by atoms with Crippen molar-refractivity contribution in [2.24, 2.45) is 0 Å². The van der Waals surface area contributed by atoms with E-state index in [1.165, 1.54) is 64.7 Å². The number of piperidine rings is 1. The fourth-order valence-electron chi connectivity index (χ4n) is 3.26. The first kappa shape index (κ1) is 12.4. The Balaban J connectivity index is 1.79. The summed E-state index contributed by atoms with van der Waals surface area (Å²) in [7, 11) is 0. The number of piperazine rings is 1. The molecule has 2 fully saturated rings. The fraction of sp³-hybridized carbons (Fsp3) is 1.00. The first-order valence-electron chi connectivity index (χ1n) is 7.29. The minimum Gasteiger partial charge on any atom is -0.298 e. The van der Waals surface area contributed by atoms with Gasteiger partial charge in [0.15, 0.2) is 0 Å². The molecule has 2 unspecified atom stereocenters. The van der Waals surface area contributed by atoms with Crippen LogP contribution in [-0.2, 0) is 0 Å². The molecule has 16 heavy (non-hydrogen) atoms. The van der Waals surface area contributed by atoms with Gasteiger partial charge in [-0.1, -0.05) is 26.2 Å². The Hall–Kier alpha value is -0.0800. The molecule has 0 spiro atoms. The van der Waals surface area contributed by atoms with Crippen LogP contribution in [0.25, 0.3) is 0 Å². The molecule has 2 nitrogen and oxygen atoms in total. The standard InChI is InChI=1S/C14H28N2/c1-3-4-7-13(2)16-11-10-15-9-6-5-8-14(15)12-16/h13-14H,3-12H2,1-2H3. The van der Waals surface area contributed by atoms with Crippen LogP contribution in [0.5, 0.6) is 0 Å². The highest BCUT2D eigenvalue weighted by atomic mass is 15.3. The van der Waals surface area contributed by atoms with Crippen molar-refractivity contribution >= 4 is 0 Å². The van der Waals surface area contributed by atoms with Crippen molar-refractivity contribution in [1.29, 1.82) is 0 Å². The second kappa shape index (κ2) is 6.02. The van der Waals surface area contributed by atoms with E-state index in [2.05, 4.69) is 23.6 Å². The van der Waals surface area contributed by atoms with Crippen molar-refractivity contribution in [1.82, 2.24) is 9.80 Å². The van der Waals surface area contributed by atoms with E-state index in [4.69, 9.17) is 0 Å². The van der Waals surface area contributed by atoms with E-state index < -0.39 is 0 Å². The molecule has 0 aromatic heterocycles. The monoisotopic (exact) mass is 224 g/mol. The molecule has 2 aliphatic rings. The average Bonchev–Trinajstić information content (AvgIpc) is 2.35. The maximum Gasteiger partial charge on any atom is 0.0223 e. The van der Waals surface area contributed by atoms with Crippen molar-refractivity contribution in [2.75, 3.05) is 26.2 Å². The first-order valence-corrected chi connectivity index (χ1v) is 7.29. The predicted octanol–water partition coefficient (Wildman–Crippen LogP) is 2.74. The molecule has 2 heterocycles. The quantitative estimate of drug-likeness (QED) is 0.724. The van der Waals surface area contributed by atoms with Gasteiger partial charge in [-0.3, -0.25) is 9.80 Å². The molecular formula is C14H28N2. The lowest BCUT2D eigenvalue weighted by molar-refractivity contribution is 0.0289. The summed E-state index contributed by atoms with van der Waals surface area (Å²) in [5.41, 5.74) is 0. The highest BCUT2D eigenvalue weighted by molar-refractivity contribution is 4.86. The van der Waals surface area contributed by atoms with Gasteiger partial charge in [-0.25, -0.2) is 0 Å². The van der Waals surface area contributed by atoms with E-state index in [0.717, 1.165) is 12.1 Å². The largest absolute Gasteiger partial charge is 0.298 e. The van der Waals surface area contributed by atoms with Crippen LogP contribution in [0, 0.1) is 0 Å². The summed E-state index contributed by atoms with van der Waals surface area (Å²) < 4.78 is 0. The third-order valence-corrected chi connectivity index (χ3v) is 4.47. The van der Waals surface area contributed by atoms with Crippen molar-refractivity contribution in [3.05, 3.63) is 0 Å². The van der Waals surface area contributed by atoms with Crippen molar-refractivity contribution in [3.63, 3.8) is 0 Å². The van der Waals surface area contributed by atoms with Crippen LogP contribution in [0.4, 0.5) is 0 Å². The number of unbranched alkanes of at least 4 members (excludes halogenated alkanes) is 1. The van der Waals surface area contributed by atoms with E-state index in [-0.39, 0.29) is 0 Å². The second-order valence-electron chi connectivity index (χ2n) is 5.67. The van der Waals surface area contributed by atoms with Crippen LogP contribution < -0.4 is 0 Å². The van der Waals surface area contributed by atoms with Crippen LogP contribution in [0.2, 0.25) is 0 Å². The first-order chi connectivity index (χ1) is 7.81. The minimum absolute atomic E-state index is 0.809. The smallest absolute Gasteiger partial charge is 0.0223 e. The SMILES string of the molecule is CCCCC(C)N1CCN2CCCCC2C1. The van der Waals surface area contributed by atoms with Gasteiger partial charge >= 0.3 is 0 Å². The van der Waals surface area contributed by atoms with Gasteiger partial charge in [-0.15, -0.1) is 0 Å². The Labute approximate surface area is 101 Å². The third kappa shape index (κ3) is 2.98. The molecule has 0 aromatic rings. The van der Waals surface area contributed by atoms with Crippen LogP contribution in [-0.4, -0.2) is 48.1 Å². The lowest BCUT2D eigenvalue weighted by Gasteiger charge is -2.46. The topological polar surface area (TPSA) is 6.48 Å². The zero-order valence-electron chi connectivity index (χ0n) is 11.1. The fourth-order valence-corrected chi connectivity index (χ4v) is 3.26. The molecule has 2 heteroatoms. The van der Waals surface area contributed by atoms with E-state index >= 15 is 0 Å². The van der Waals surface area contributed by atoms with Gasteiger partial charge in [0.25, 0.3) is 0 Å². The maximum atomic E-state index is 2.74. The van der Waals surface area contributed by atoms with Crippen LogP contribution in [0.1, 0.15) is 52.4 Å². The summed E-state index contributed by atoms with van der Waals surface area (Å²) in [6.07, 6.45) is 8.46. The normalized spacial score (nSPS) is 30.0. The Kier molecular flexibility index (Phi) is 4.66. The minimum atomic E-state index is 0.809. The summed E-state index contributed by atoms with van der Waals surface area (Å²) in [5, 5.41) is 0. The summed E-state index contributed by atoms with van der Waals surface area (Å²) >= 11 is 0. The summed E-state index contributed by atoms with van der Waals surface area (Å²) in [6, 6.07) is 1.69. The molecule has 2 aliphatic heterocycles. The predicted molar refractivity (Wildman–Crippen MR) is 69.8 cm³/mol. The molecular weight excluding hydrogens is 196 g/mol. The average molecular weight is 224 g/mol. The molecule has 0 N–H and O–H groups in total. The number of fused-ring (bicyclic) bond motifs is 1. The van der Waals surface area contributed by atoms with Crippen LogP contribution >= 0.6 is 0 Å². The summed E-state index contributed by atoms with van der Waals surface area (Å²) in [6.45, 7) is 10.1. The number of hydrogen-bond donors (Lipinski definition) is 0. The Morgan fingerprint density at radius 2 is 2.06 bits per heavy atom. The van der Waals surface area contributed by atoms with Gasteiger partial charge in [0.2, 0.25) is 0 Å². The molecule has 0 amide bonds. The molecule has 0 aromatic carbocycles. The Morgan fingerprint density at radius 1 is 1.19 bits per heavy atom. The van der Waals surface area contributed by atoms with E-state index in [0.29, 0.717) is 0 Å². The van der Waals surface area contributed by atoms with Gasteiger partial charge in [-0.05, 0) is 32.7 Å². The molecule has 2 rings (SSSR count). The molecule has 94 valence electrons. The second-order valence-corrected chi connectivity index (χ2v) is 5.67. The Morgan fingerprint density at radius 3 is 2.88 bits per heavy atom. The number of hydrogen-bond acceptors (Lipinski definition) is 2.